The van der Waals surface area contributed by atoms with E-state index in [-0.39, 0.29) is 24.8 Å². The standard InChI is InChI=1S/C45H47N11O5/c46-41-39-40(28-6-9-34(10-7-28)61-33-4-2-1-3-5-33)50-56(42(39)48-26-47-41)29-14-16-52(17-15-29)32-24-54(25-32)31-22-51(23-31)19-27-20-53(21-27)30-8-11-35-36(18-30)45(60)55(44(35)59)37-12-13-38(57)49-43(37)58/h1-11,18,26-27,29,31-32,37H,12-17,19-25H2,(H2,46,47,48)(H,49,57,58). The summed E-state index contributed by atoms with van der Waals surface area (Å²) in [5.41, 5.74) is 10.5. The number of nitrogens with zero attached hydrogens (tertiary/aromatic N) is 9. The smallest absolute Gasteiger partial charge is 0.262 e. The molecule has 0 radical (unpaired) electrons. The number of fused-ring (bicyclic) bond motifs is 2. The maximum atomic E-state index is 13.3. The van der Waals surface area contributed by atoms with Gasteiger partial charge in [0, 0.05) is 94.6 Å². The minimum atomic E-state index is -0.957. The minimum Gasteiger partial charge on any atom is -0.457 e. The molecule has 61 heavy (non-hydrogen) atoms. The van der Waals surface area contributed by atoms with Crippen molar-refractivity contribution in [3.05, 3.63) is 90.3 Å². The number of piperidine rings is 2. The topological polar surface area (TPSA) is 175 Å². The van der Waals surface area contributed by atoms with Crippen molar-refractivity contribution in [1.29, 1.82) is 0 Å². The summed E-state index contributed by atoms with van der Waals surface area (Å²) in [5.74, 6) is 0.596. The lowest BCUT2D eigenvalue weighted by Gasteiger charge is -2.56. The molecule has 1 atom stereocenters. The number of amides is 4. The van der Waals surface area contributed by atoms with Gasteiger partial charge < -0.3 is 15.4 Å². The van der Waals surface area contributed by atoms with Crippen molar-refractivity contribution in [3.63, 3.8) is 0 Å². The molecule has 3 N–H and O–H groups in total. The van der Waals surface area contributed by atoms with E-state index in [0.29, 0.717) is 34.9 Å². The van der Waals surface area contributed by atoms with Gasteiger partial charge >= 0.3 is 0 Å². The van der Waals surface area contributed by atoms with Gasteiger partial charge in [-0.2, -0.15) is 5.10 Å². The number of nitrogens with one attached hydrogen (secondary N) is 1. The molecule has 312 valence electrons. The van der Waals surface area contributed by atoms with E-state index in [1.165, 1.54) is 6.33 Å². The second-order valence-corrected chi connectivity index (χ2v) is 17.4. The molecule has 16 heteroatoms. The van der Waals surface area contributed by atoms with Crippen LogP contribution in [0.15, 0.2) is 79.1 Å². The number of imide groups is 2. The van der Waals surface area contributed by atoms with E-state index in [2.05, 4.69) is 39.6 Å². The number of para-hydroxylation sites is 1. The maximum Gasteiger partial charge on any atom is 0.262 e. The molecule has 2 aromatic heterocycles. The lowest BCUT2D eigenvalue weighted by Crippen LogP contribution is -2.70. The molecule has 1 unspecified atom stereocenters. The Morgan fingerprint density at radius 2 is 1.46 bits per heavy atom. The number of aromatic nitrogens is 4. The summed E-state index contributed by atoms with van der Waals surface area (Å²) in [4.78, 5) is 70.5. The largest absolute Gasteiger partial charge is 0.457 e. The molecule has 5 fully saturated rings. The van der Waals surface area contributed by atoms with E-state index in [9.17, 15) is 19.2 Å². The van der Waals surface area contributed by atoms with Gasteiger partial charge in [0.2, 0.25) is 11.8 Å². The lowest BCUT2D eigenvalue weighted by atomic mass is 9.93. The SMILES string of the molecule is Nc1ncnc2c1c(-c1ccc(Oc3ccccc3)cc1)nn2C1CCN(C2CN(C3CN(CC4CN(c5ccc6c(c5)C(=O)N(C5CCC(=O)NC5=O)C6=O)C4)C3)C2)CC1. The summed E-state index contributed by atoms with van der Waals surface area (Å²) in [6.07, 6.45) is 3.78. The molecule has 6 aliphatic rings. The first-order chi connectivity index (χ1) is 29.7. The van der Waals surface area contributed by atoms with Gasteiger partial charge in [-0.1, -0.05) is 18.2 Å². The number of benzene rings is 3. The van der Waals surface area contributed by atoms with Gasteiger partial charge in [0.05, 0.1) is 22.6 Å². The van der Waals surface area contributed by atoms with Crippen LogP contribution in [0.2, 0.25) is 0 Å². The quantitative estimate of drug-likeness (QED) is 0.196. The van der Waals surface area contributed by atoms with Crippen LogP contribution in [0.1, 0.15) is 52.4 Å². The van der Waals surface area contributed by atoms with Gasteiger partial charge in [0.1, 0.15) is 35.4 Å². The van der Waals surface area contributed by atoms with Gasteiger partial charge in [-0.3, -0.25) is 44.1 Å². The van der Waals surface area contributed by atoms with Crippen LogP contribution in [0.25, 0.3) is 22.3 Å². The highest BCUT2D eigenvalue weighted by atomic mass is 16.5. The Labute approximate surface area is 352 Å². The average Bonchev–Trinajstić information content (AvgIpc) is 3.73. The molecule has 5 saturated heterocycles. The summed E-state index contributed by atoms with van der Waals surface area (Å²) in [6.45, 7) is 9.31. The van der Waals surface area contributed by atoms with Crippen LogP contribution < -0.4 is 20.7 Å². The van der Waals surface area contributed by atoms with Gasteiger partial charge in [0.15, 0.2) is 5.65 Å². The molecule has 8 heterocycles. The molecule has 16 nitrogen and oxygen atoms in total. The van der Waals surface area contributed by atoms with Crippen LogP contribution in [0.3, 0.4) is 0 Å². The van der Waals surface area contributed by atoms with E-state index >= 15 is 0 Å². The fraction of sp³-hybridized carbons (Fsp3) is 0.400. The third-order valence-electron chi connectivity index (χ3n) is 13.6. The van der Waals surface area contributed by atoms with Crippen LogP contribution in [0.5, 0.6) is 11.5 Å². The Kier molecular flexibility index (Phi) is 9.31. The van der Waals surface area contributed by atoms with Crippen molar-refractivity contribution < 1.29 is 23.9 Å². The molecule has 6 aliphatic heterocycles. The first-order valence-corrected chi connectivity index (χ1v) is 21.4. The predicted octanol–water partition coefficient (Wildman–Crippen LogP) is 3.41. The van der Waals surface area contributed by atoms with Crippen LogP contribution in [0, 0.1) is 5.92 Å². The van der Waals surface area contributed by atoms with Crippen molar-refractivity contribution in [2.75, 3.05) is 69.5 Å². The fourth-order valence-electron chi connectivity index (χ4n) is 10.1. The number of likely N-dealkylation sites (tertiary alicyclic amines) is 3. The molecule has 0 spiro atoms. The number of hydrogen-bond donors (Lipinski definition) is 2. The van der Waals surface area contributed by atoms with Crippen LogP contribution in [-0.2, 0) is 9.59 Å². The molecule has 0 saturated carbocycles. The number of carbonyl (C=O) groups excluding carboxylic acids is 4. The number of rotatable bonds is 10. The molecule has 3 aromatic carbocycles. The zero-order chi connectivity index (χ0) is 41.4. The van der Waals surface area contributed by atoms with E-state index in [4.69, 9.17) is 15.6 Å². The Bertz CT molecular complexity index is 2540. The molecule has 0 bridgehead atoms. The Hall–Kier alpha value is -6.23. The zero-order valence-electron chi connectivity index (χ0n) is 33.7. The minimum absolute atomic E-state index is 0.103. The fourth-order valence-corrected chi connectivity index (χ4v) is 10.1. The second-order valence-electron chi connectivity index (χ2n) is 17.4. The highest BCUT2D eigenvalue weighted by molar-refractivity contribution is 6.23. The summed E-state index contributed by atoms with van der Waals surface area (Å²) in [7, 11) is 0. The summed E-state index contributed by atoms with van der Waals surface area (Å²) < 4.78 is 8.10. The van der Waals surface area contributed by atoms with E-state index in [1.54, 1.807) is 12.1 Å². The number of ether oxygens (including phenoxy) is 1. The van der Waals surface area contributed by atoms with Crippen molar-refractivity contribution in [2.24, 2.45) is 5.92 Å². The third-order valence-corrected chi connectivity index (χ3v) is 13.6. The van der Waals surface area contributed by atoms with Crippen molar-refractivity contribution >= 4 is 46.2 Å². The number of carbonyl (C=O) groups is 4. The van der Waals surface area contributed by atoms with E-state index < -0.39 is 23.8 Å². The van der Waals surface area contributed by atoms with Crippen molar-refractivity contribution in [1.82, 2.24) is 44.7 Å². The third kappa shape index (κ3) is 6.78. The van der Waals surface area contributed by atoms with Gasteiger partial charge in [-0.05, 0) is 73.9 Å². The van der Waals surface area contributed by atoms with Crippen molar-refractivity contribution in [3.8, 4) is 22.8 Å². The molecular formula is C45H47N11O5. The molecule has 0 aliphatic carbocycles. The summed E-state index contributed by atoms with van der Waals surface area (Å²) >= 11 is 0. The number of anilines is 2. The second kappa shape index (κ2) is 15.0. The molecular weight excluding hydrogens is 775 g/mol. The molecule has 5 aromatic rings. The summed E-state index contributed by atoms with van der Waals surface area (Å²) in [6, 6.07) is 23.5. The Morgan fingerprint density at radius 3 is 2.21 bits per heavy atom. The van der Waals surface area contributed by atoms with Crippen LogP contribution in [0.4, 0.5) is 11.5 Å². The van der Waals surface area contributed by atoms with E-state index in [1.807, 2.05) is 60.7 Å². The maximum absolute atomic E-state index is 13.3. The summed E-state index contributed by atoms with van der Waals surface area (Å²) in [5, 5.41) is 8.17. The van der Waals surface area contributed by atoms with E-state index in [0.717, 1.165) is 116 Å². The van der Waals surface area contributed by atoms with Crippen LogP contribution >= 0.6 is 0 Å². The molecule has 4 amide bonds. The van der Waals surface area contributed by atoms with Crippen LogP contribution in [-0.4, -0.2) is 140 Å². The number of nitrogen functional groups attached to an aromatic ring is 1. The average molecular weight is 822 g/mol. The highest BCUT2D eigenvalue weighted by Crippen LogP contribution is 2.37. The van der Waals surface area contributed by atoms with Gasteiger partial charge in [-0.15, -0.1) is 0 Å². The monoisotopic (exact) mass is 821 g/mol. The Balaban J connectivity index is 0.636. The normalized spacial score (nSPS) is 22.3. The zero-order valence-corrected chi connectivity index (χ0v) is 33.7. The number of hydrogen-bond acceptors (Lipinski definition) is 13. The Morgan fingerprint density at radius 1 is 0.738 bits per heavy atom. The predicted molar refractivity (Wildman–Crippen MR) is 226 cm³/mol. The first-order valence-electron chi connectivity index (χ1n) is 21.4. The highest BCUT2D eigenvalue weighted by Gasteiger charge is 2.46. The first kappa shape index (κ1) is 37.7. The number of nitrogens with two attached hydrogens (primary N) is 1. The van der Waals surface area contributed by atoms with Gasteiger partial charge in [-0.25, -0.2) is 14.6 Å². The lowest BCUT2D eigenvalue weighted by molar-refractivity contribution is -0.136. The molecule has 11 rings (SSSR count). The van der Waals surface area contributed by atoms with Gasteiger partial charge in [0.25, 0.3) is 11.8 Å². The van der Waals surface area contributed by atoms with Crippen molar-refractivity contribution in [2.45, 2.75) is 49.9 Å².